The van der Waals surface area contributed by atoms with E-state index in [-0.39, 0.29) is 29.1 Å². The van der Waals surface area contributed by atoms with Gasteiger partial charge in [0.05, 0.1) is 12.7 Å². The molecule has 0 fully saturated rings. The van der Waals surface area contributed by atoms with Crippen molar-refractivity contribution in [1.29, 1.82) is 0 Å². The van der Waals surface area contributed by atoms with Gasteiger partial charge >= 0.3 is 6.18 Å². The molecule has 0 unspecified atom stereocenters. The van der Waals surface area contributed by atoms with Crippen LogP contribution >= 0.6 is 17.0 Å². The molecule has 0 aromatic heterocycles. The molecule has 0 saturated carbocycles. The molecule has 120 valence electrons. The maximum absolute atomic E-state index is 12.9. The third-order valence-electron chi connectivity index (χ3n) is 3.15. The molecular formula is C16H17BrF3NO. The first-order chi connectivity index (χ1) is 10.0. The van der Waals surface area contributed by atoms with E-state index < -0.39 is 11.7 Å². The SMILES string of the molecule is Br.COc1ccccc1CNCc1ccccc1C(F)(F)F. The summed E-state index contributed by atoms with van der Waals surface area (Å²) in [5.41, 5.74) is 0.543. The van der Waals surface area contributed by atoms with Crippen molar-refractivity contribution >= 4 is 17.0 Å². The van der Waals surface area contributed by atoms with Crippen LogP contribution in [0.25, 0.3) is 0 Å². The molecule has 2 aromatic carbocycles. The highest BCUT2D eigenvalue weighted by atomic mass is 79.9. The van der Waals surface area contributed by atoms with E-state index in [1.165, 1.54) is 12.1 Å². The molecule has 2 nitrogen and oxygen atoms in total. The van der Waals surface area contributed by atoms with Gasteiger partial charge in [0.15, 0.2) is 0 Å². The smallest absolute Gasteiger partial charge is 0.416 e. The van der Waals surface area contributed by atoms with Crippen molar-refractivity contribution in [2.24, 2.45) is 0 Å². The van der Waals surface area contributed by atoms with E-state index in [2.05, 4.69) is 5.32 Å². The van der Waals surface area contributed by atoms with Gasteiger partial charge in [0, 0.05) is 18.7 Å². The van der Waals surface area contributed by atoms with Gasteiger partial charge in [-0.25, -0.2) is 0 Å². The molecule has 6 heteroatoms. The van der Waals surface area contributed by atoms with Gasteiger partial charge in [0.25, 0.3) is 0 Å². The van der Waals surface area contributed by atoms with Crippen molar-refractivity contribution in [3.8, 4) is 5.75 Å². The number of hydrogen-bond donors (Lipinski definition) is 1. The van der Waals surface area contributed by atoms with Crippen LogP contribution < -0.4 is 10.1 Å². The third-order valence-corrected chi connectivity index (χ3v) is 3.15. The fraction of sp³-hybridized carbons (Fsp3) is 0.250. The molecule has 0 heterocycles. The Kier molecular flexibility index (Phi) is 6.90. The minimum atomic E-state index is -4.33. The number of methoxy groups -OCH3 is 1. The molecule has 0 radical (unpaired) electrons. The fourth-order valence-corrected chi connectivity index (χ4v) is 2.13. The Labute approximate surface area is 138 Å². The summed E-state index contributed by atoms with van der Waals surface area (Å²) >= 11 is 0. The van der Waals surface area contributed by atoms with E-state index in [4.69, 9.17) is 4.74 Å². The highest BCUT2D eigenvalue weighted by Crippen LogP contribution is 2.31. The van der Waals surface area contributed by atoms with E-state index in [1.54, 1.807) is 13.2 Å². The molecule has 0 amide bonds. The first kappa shape index (κ1) is 18.5. The summed E-state index contributed by atoms with van der Waals surface area (Å²) in [6.45, 7) is 0.587. The maximum Gasteiger partial charge on any atom is 0.416 e. The Morgan fingerprint density at radius 1 is 0.909 bits per heavy atom. The van der Waals surface area contributed by atoms with Crippen molar-refractivity contribution in [1.82, 2.24) is 5.32 Å². The summed E-state index contributed by atoms with van der Waals surface area (Å²) in [7, 11) is 1.57. The molecular weight excluding hydrogens is 359 g/mol. The summed E-state index contributed by atoms with van der Waals surface area (Å²) < 4.78 is 43.8. The average molecular weight is 376 g/mol. The lowest BCUT2D eigenvalue weighted by Crippen LogP contribution is -2.17. The van der Waals surface area contributed by atoms with Crippen molar-refractivity contribution in [2.75, 3.05) is 7.11 Å². The molecule has 0 spiro atoms. The minimum absolute atomic E-state index is 0. The van der Waals surface area contributed by atoms with Crippen LogP contribution in [0.1, 0.15) is 16.7 Å². The van der Waals surface area contributed by atoms with Crippen molar-refractivity contribution < 1.29 is 17.9 Å². The Morgan fingerprint density at radius 2 is 1.45 bits per heavy atom. The number of ether oxygens (including phenoxy) is 1. The summed E-state index contributed by atoms with van der Waals surface area (Å²) in [5.74, 6) is 0.717. The number of rotatable bonds is 5. The Balaban J connectivity index is 0.00000242. The lowest BCUT2D eigenvalue weighted by atomic mass is 10.1. The highest BCUT2D eigenvalue weighted by molar-refractivity contribution is 8.93. The van der Waals surface area contributed by atoms with Gasteiger partial charge in [-0.05, 0) is 17.7 Å². The average Bonchev–Trinajstić information content (AvgIpc) is 2.47. The van der Waals surface area contributed by atoms with Gasteiger partial charge in [-0.15, -0.1) is 17.0 Å². The molecule has 0 aliphatic rings. The van der Waals surface area contributed by atoms with E-state index in [0.29, 0.717) is 12.3 Å². The quantitative estimate of drug-likeness (QED) is 0.825. The van der Waals surface area contributed by atoms with Crippen LogP contribution in [-0.2, 0) is 19.3 Å². The predicted octanol–water partition coefficient (Wildman–Crippen LogP) is 4.58. The van der Waals surface area contributed by atoms with Gasteiger partial charge in [-0.3, -0.25) is 0 Å². The number of halogens is 4. The van der Waals surface area contributed by atoms with Crippen LogP contribution in [0.4, 0.5) is 13.2 Å². The summed E-state index contributed by atoms with van der Waals surface area (Å²) in [5, 5.41) is 3.03. The third kappa shape index (κ3) is 4.74. The molecule has 2 aromatic rings. The Hall–Kier alpha value is -1.53. The number of hydrogen-bond acceptors (Lipinski definition) is 2. The zero-order chi connectivity index (χ0) is 15.3. The normalized spacial score (nSPS) is 10.9. The Bertz CT molecular complexity index is 602. The first-order valence-electron chi connectivity index (χ1n) is 6.50. The number of benzene rings is 2. The molecule has 0 atom stereocenters. The summed E-state index contributed by atoms with van der Waals surface area (Å²) in [6, 6.07) is 13.0. The van der Waals surface area contributed by atoms with Crippen LogP contribution in [0.5, 0.6) is 5.75 Å². The standard InChI is InChI=1S/C16H16F3NO.BrH/c1-21-15-9-5-3-7-13(15)11-20-10-12-6-2-4-8-14(12)16(17,18)19;/h2-9,20H,10-11H2,1H3;1H. The van der Waals surface area contributed by atoms with Gasteiger partial charge in [0.2, 0.25) is 0 Å². The topological polar surface area (TPSA) is 21.3 Å². The molecule has 1 N–H and O–H groups in total. The zero-order valence-electron chi connectivity index (χ0n) is 12.0. The van der Waals surface area contributed by atoms with Crippen LogP contribution in [0.3, 0.4) is 0 Å². The van der Waals surface area contributed by atoms with Gasteiger partial charge < -0.3 is 10.1 Å². The molecule has 0 aliphatic heterocycles. The first-order valence-corrected chi connectivity index (χ1v) is 6.50. The van der Waals surface area contributed by atoms with Crippen LogP contribution in [0, 0.1) is 0 Å². The summed E-state index contributed by atoms with van der Waals surface area (Å²) in [4.78, 5) is 0. The van der Waals surface area contributed by atoms with E-state index in [1.807, 2.05) is 24.3 Å². The van der Waals surface area contributed by atoms with Crippen LogP contribution in [-0.4, -0.2) is 7.11 Å². The van der Waals surface area contributed by atoms with Gasteiger partial charge in [0.1, 0.15) is 5.75 Å². The van der Waals surface area contributed by atoms with Crippen molar-refractivity contribution in [2.45, 2.75) is 19.3 Å². The van der Waals surface area contributed by atoms with Gasteiger partial charge in [-0.1, -0.05) is 36.4 Å². The van der Waals surface area contributed by atoms with Crippen LogP contribution in [0.2, 0.25) is 0 Å². The fourth-order valence-electron chi connectivity index (χ4n) is 2.13. The lowest BCUT2D eigenvalue weighted by molar-refractivity contribution is -0.138. The second-order valence-corrected chi connectivity index (χ2v) is 4.57. The molecule has 0 aliphatic carbocycles. The second-order valence-electron chi connectivity index (χ2n) is 4.57. The monoisotopic (exact) mass is 375 g/mol. The van der Waals surface area contributed by atoms with E-state index in [0.717, 1.165) is 11.6 Å². The number of alkyl halides is 3. The van der Waals surface area contributed by atoms with E-state index >= 15 is 0 Å². The number of nitrogens with one attached hydrogen (secondary N) is 1. The summed E-state index contributed by atoms with van der Waals surface area (Å²) in [6.07, 6.45) is -4.33. The van der Waals surface area contributed by atoms with Crippen molar-refractivity contribution in [3.63, 3.8) is 0 Å². The lowest BCUT2D eigenvalue weighted by Gasteiger charge is -2.14. The van der Waals surface area contributed by atoms with Gasteiger partial charge in [-0.2, -0.15) is 13.2 Å². The maximum atomic E-state index is 12.9. The Morgan fingerprint density at radius 3 is 2.09 bits per heavy atom. The number of para-hydroxylation sites is 1. The highest BCUT2D eigenvalue weighted by Gasteiger charge is 2.32. The molecule has 0 bridgehead atoms. The molecule has 22 heavy (non-hydrogen) atoms. The largest absolute Gasteiger partial charge is 0.496 e. The van der Waals surface area contributed by atoms with Crippen molar-refractivity contribution in [3.05, 3.63) is 65.2 Å². The van der Waals surface area contributed by atoms with E-state index in [9.17, 15) is 13.2 Å². The van der Waals surface area contributed by atoms with Crippen LogP contribution in [0.15, 0.2) is 48.5 Å². The predicted molar refractivity (Wildman–Crippen MR) is 85.3 cm³/mol. The molecule has 0 saturated heterocycles. The molecule has 2 rings (SSSR count). The minimum Gasteiger partial charge on any atom is -0.496 e. The second kappa shape index (κ2) is 8.19. The zero-order valence-corrected chi connectivity index (χ0v) is 13.7.